The lowest BCUT2D eigenvalue weighted by molar-refractivity contribution is -0.141. The second-order valence-electron chi connectivity index (χ2n) is 3.04. The standard InChI is InChI=1S/C9H15N3O2/c1-3-7(10)8-4-11-6-12(8)5-9(13)14-2/h4,6-7H,3,5,10H2,1-2H3/t7-/m1/s1. The third-order valence-electron chi connectivity index (χ3n) is 2.09. The normalized spacial score (nSPS) is 12.5. The van der Waals surface area contributed by atoms with Crippen molar-refractivity contribution in [3.8, 4) is 0 Å². The summed E-state index contributed by atoms with van der Waals surface area (Å²) in [6, 6.07) is -0.0813. The number of carbonyl (C=O) groups excluding carboxylic acids is 1. The molecule has 0 spiro atoms. The van der Waals surface area contributed by atoms with E-state index in [-0.39, 0.29) is 18.6 Å². The van der Waals surface area contributed by atoms with Crippen LogP contribution in [0.3, 0.4) is 0 Å². The van der Waals surface area contributed by atoms with Crippen LogP contribution in [0.1, 0.15) is 25.1 Å². The van der Waals surface area contributed by atoms with Crippen molar-refractivity contribution < 1.29 is 9.53 Å². The molecular weight excluding hydrogens is 182 g/mol. The van der Waals surface area contributed by atoms with Gasteiger partial charge in [0.1, 0.15) is 6.54 Å². The largest absolute Gasteiger partial charge is 0.468 e. The number of imidazole rings is 1. The van der Waals surface area contributed by atoms with E-state index in [1.165, 1.54) is 7.11 Å². The van der Waals surface area contributed by atoms with E-state index in [9.17, 15) is 4.79 Å². The highest BCUT2D eigenvalue weighted by molar-refractivity contribution is 5.69. The molecule has 0 bridgehead atoms. The molecule has 0 fully saturated rings. The van der Waals surface area contributed by atoms with Crippen molar-refractivity contribution in [1.82, 2.24) is 9.55 Å². The van der Waals surface area contributed by atoms with E-state index in [0.29, 0.717) is 0 Å². The first-order valence-corrected chi connectivity index (χ1v) is 4.51. The minimum Gasteiger partial charge on any atom is -0.468 e. The molecule has 0 aliphatic rings. The molecule has 1 atom stereocenters. The molecule has 0 aromatic carbocycles. The summed E-state index contributed by atoms with van der Waals surface area (Å²) in [6.45, 7) is 2.15. The first-order chi connectivity index (χ1) is 6.69. The number of aromatic nitrogens is 2. The van der Waals surface area contributed by atoms with Gasteiger partial charge in [0.2, 0.25) is 0 Å². The predicted molar refractivity (Wildman–Crippen MR) is 51.5 cm³/mol. The highest BCUT2D eigenvalue weighted by Crippen LogP contribution is 2.12. The minimum atomic E-state index is -0.299. The van der Waals surface area contributed by atoms with Crippen LogP contribution in [0, 0.1) is 0 Å². The van der Waals surface area contributed by atoms with Crippen molar-refractivity contribution in [2.24, 2.45) is 5.73 Å². The summed E-state index contributed by atoms with van der Waals surface area (Å²) in [4.78, 5) is 15.0. The molecule has 2 N–H and O–H groups in total. The fraction of sp³-hybridized carbons (Fsp3) is 0.556. The number of nitrogens with zero attached hydrogens (tertiary/aromatic N) is 2. The average Bonchev–Trinajstić information content (AvgIpc) is 2.64. The summed E-state index contributed by atoms with van der Waals surface area (Å²) < 4.78 is 6.27. The monoisotopic (exact) mass is 197 g/mol. The fourth-order valence-corrected chi connectivity index (χ4v) is 1.18. The van der Waals surface area contributed by atoms with Crippen molar-refractivity contribution in [3.05, 3.63) is 18.2 Å². The molecule has 0 amide bonds. The Balaban J connectivity index is 2.77. The molecule has 5 heteroatoms. The highest BCUT2D eigenvalue weighted by atomic mass is 16.5. The summed E-state index contributed by atoms with van der Waals surface area (Å²) in [5.41, 5.74) is 6.70. The molecule has 0 aliphatic carbocycles. The zero-order valence-electron chi connectivity index (χ0n) is 8.43. The van der Waals surface area contributed by atoms with Crippen LogP contribution in [0.15, 0.2) is 12.5 Å². The molecule has 0 saturated carbocycles. The van der Waals surface area contributed by atoms with Crippen LogP contribution in [-0.2, 0) is 16.1 Å². The first-order valence-electron chi connectivity index (χ1n) is 4.51. The van der Waals surface area contributed by atoms with E-state index >= 15 is 0 Å². The van der Waals surface area contributed by atoms with Gasteiger partial charge >= 0.3 is 5.97 Å². The molecule has 0 aliphatic heterocycles. The van der Waals surface area contributed by atoms with E-state index in [2.05, 4.69) is 9.72 Å². The maximum Gasteiger partial charge on any atom is 0.325 e. The molecule has 0 saturated heterocycles. The topological polar surface area (TPSA) is 70.1 Å². The van der Waals surface area contributed by atoms with Crippen molar-refractivity contribution >= 4 is 5.97 Å². The Labute approximate surface area is 82.9 Å². The van der Waals surface area contributed by atoms with Crippen LogP contribution in [-0.4, -0.2) is 22.6 Å². The zero-order valence-corrected chi connectivity index (χ0v) is 8.43. The second kappa shape index (κ2) is 4.76. The quantitative estimate of drug-likeness (QED) is 0.712. The van der Waals surface area contributed by atoms with Crippen LogP contribution >= 0.6 is 0 Å². The molecule has 0 unspecified atom stereocenters. The molecule has 78 valence electrons. The summed E-state index contributed by atoms with van der Waals surface area (Å²) in [7, 11) is 1.36. The Morgan fingerprint density at radius 2 is 2.50 bits per heavy atom. The molecule has 1 aromatic rings. The minimum absolute atomic E-state index is 0.0813. The first kappa shape index (κ1) is 10.7. The maximum absolute atomic E-state index is 11.0. The lowest BCUT2D eigenvalue weighted by atomic mass is 10.2. The Bertz CT molecular complexity index is 309. The lowest BCUT2D eigenvalue weighted by Gasteiger charge is -2.11. The Morgan fingerprint density at radius 3 is 3.07 bits per heavy atom. The SMILES string of the molecule is CC[C@@H](N)c1cncn1CC(=O)OC. The Morgan fingerprint density at radius 1 is 1.79 bits per heavy atom. The molecule has 1 aromatic heterocycles. The number of ether oxygens (including phenoxy) is 1. The smallest absolute Gasteiger partial charge is 0.325 e. The van der Waals surface area contributed by atoms with Gasteiger partial charge in [-0.15, -0.1) is 0 Å². The average molecular weight is 197 g/mol. The van der Waals surface area contributed by atoms with Gasteiger partial charge in [-0.2, -0.15) is 0 Å². The van der Waals surface area contributed by atoms with Crippen LogP contribution in [0.2, 0.25) is 0 Å². The third-order valence-corrected chi connectivity index (χ3v) is 2.09. The van der Waals surface area contributed by atoms with Gasteiger partial charge in [-0.05, 0) is 6.42 Å². The van der Waals surface area contributed by atoms with Gasteiger partial charge in [0, 0.05) is 12.2 Å². The Kier molecular flexibility index (Phi) is 3.64. The number of carbonyl (C=O) groups is 1. The molecule has 1 rings (SSSR count). The molecule has 14 heavy (non-hydrogen) atoms. The van der Waals surface area contributed by atoms with Gasteiger partial charge in [-0.25, -0.2) is 4.98 Å². The van der Waals surface area contributed by atoms with Gasteiger partial charge in [-0.1, -0.05) is 6.92 Å². The molecular formula is C9H15N3O2. The van der Waals surface area contributed by atoms with Crippen molar-refractivity contribution in [2.45, 2.75) is 25.9 Å². The fourth-order valence-electron chi connectivity index (χ4n) is 1.18. The number of methoxy groups -OCH3 is 1. The van der Waals surface area contributed by atoms with Crippen LogP contribution in [0.25, 0.3) is 0 Å². The van der Waals surface area contributed by atoms with E-state index in [4.69, 9.17) is 5.73 Å². The van der Waals surface area contributed by atoms with E-state index in [1.54, 1.807) is 17.1 Å². The second-order valence-corrected chi connectivity index (χ2v) is 3.04. The number of hydrogen-bond donors (Lipinski definition) is 1. The summed E-state index contributed by atoms with van der Waals surface area (Å²) in [6.07, 6.45) is 4.08. The maximum atomic E-state index is 11.0. The lowest BCUT2D eigenvalue weighted by Crippen LogP contribution is -2.18. The van der Waals surface area contributed by atoms with Crippen LogP contribution < -0.4 is 5.73 Å². The molecule has 1 heterocycles. The van der Waals surface area contributed by atoms with Gasteiger partial charge in [0.05, 0.1) is 19.1 Å². The Hall–Kier alpha value is -1.36. The predicted octanol–water partition coefficient (Wildman–Crippen LogP) is 0.466. The van der Waals surface area contributed by atoms with Crippen molar-refractivity contribution in [2.75, 3.05) is 7.11 Å². The number of esters is 1. The zero-order chi connectivity index (χ0) is 10.6. The summed E-state index contributed by atoms with van der Waals surface area (Å²) >= 11 is 0. The van der Waals surface area contributed by atoms with Crippen LogP contribution in [0.4, 0.5) is 0 Å². The van der Waals surface area contributed by atoms with Gasteiger partial charge in [0.15, 0.2) is 0 Å². The van der Waals surface area contributed by atoms with Crippen LogP contribution in [0.5, 0.6) is 0 Å². The van der Waals surface area contributed by atoms with Gasteiger partial charge in [-0.3, -0.25) is 4.79 Å². The van der Waals surface area contributed by atoms with Gasteiger partial charge < -0.3 is 15.0 Å². The summed E-state index contributed by atoms with van der Waals surface area (Å²) in [5, 5.41) is 0. The van der Waals surface area contributed by atoms with Crippen molar-refractivity contribution in [3.63, 3.8) is 0 Å². The summed E-state index contributed by atoms with van der Waals surface area (Å²) in [5.74, 6) is -0.299. The van der Waals surface area contributed by atoms with E-state index in [1.807, 2.05) is 6.92 Å². The third kappa shape index (κ3) is 2.32. The molecule has 0 radical (unpaired) electrons. The number of nitrogens with two attached hydrogens (primary N) is 1. The van der Waals surface area contributed by atoms with E-state index in [0.717, 1.165) is 12.1 Å². The number of rotatable bonds is 4. The van der Waals surface area contributed by atoms with Gasteiger partial charge in [0.25, 0.3) is 0 Å². The van der Waals surface area contributed by atoms with Crippen molar-refractivity contribution in [1.29, 1.82) is 0 Å². The highest BCUT2D eigenvalue weighted by Gasteiger charge is 2.11. The molecule has 5 nitrogen and oxygen atoms in total. The van der Waals surface area contributed by atoms with E-state index < -0.39 is 0 Å². The number of hydrogen-bond acceptors (Lipinski definition) is 4.